The van der Waals surface area contributed by atoms with Crippen LogP contribution in [0.1, 0.15) is 77.6 Å². The van der Waals surface area contributed by atoms with Gasteiger partial charge in [-0.05, 0) is 50.4 Å². The highest BCUT2D eigenvalue weighted by Gasteiger charge is 2.34. The molecule has 3 rings (SSSR count). The molecule has 2 nitrogen and oxygen atoms in total. The Morgan fingerprint density at radius 3 is 2.24 bits per heavy atom. The molecule has 2 aliphatic carbocycles. The largest absolute Gasteiger partial charge is 0.381 e. The Balaban J connectivity index is 1.55. The quantitative estimate of drug-likeness (QED) is 0.822. The lowest BCUT2D eigenvalue weighted by Gasteiger charge is -2.42. The van der Waals surface area contributed by atoms with Gasteiger partial charge in [-0.15, -0.1) is 0 Å². The first-order valence-corrected chi connectivity index (χ1v) is 9.68. The fraction of sp³-hybridized carbons (Fsp3) is 1.00. The van der Waals surface area contributed by atoms with Gasteiger partial charge in [0.2, 0.25) is 0 Å². The van der Waals surface area contributed by atoms with E-state index in [-0.39, 0.29) is 0 Å². The Morgan fingerprint density at radius 2 is 1.48 bits per heavy atom. The van der Waals surface area contributed by atoms with E-state index in [0.29, 0.717) is 6.04 Å². The van der Waals surface area contributed by atoms with Crippen LogP contribution < -0.4 is 5.32 Å². The number of hydrogen-bond acceptors (Lipinski definition) is 2. The van der Waals surface area contributed by atoms with Gasteiger partial charge in [-0.2, -0.15) is 0 Å². The summed E-state index contributed by atoms with van der Waals surface area (Å²) in [5.74, 6) is 2.84. The van der Waals surface area contributed by atoms with E-state index >= 15 is 0 Å². The second-order valence-electron chi connectivity index (χ2n) is 7.86. The van der Waals surface area contributed by atoms with Crippen molar-refractivity contribution in [1.29, 1.82) is 0 Å². The molecule has 1 heterocycles. The van der Waals surface area contributed by atoms with Gasteiger partial charge in [-0.25, -0.2) is 0 Å². The maximum absolute atomic E-state index is 5.53. The summed E-state index contributed by atoms with van der Waals surface area (Å²) in [5.41, 5.74) is 0. The van der Waals surface area contributed by atoms with E-state index < -0.39 is 0 Å². The van der Waals surface area contributed by atoms with Crippen LogP contribution in [0, 0.1) is 17.8 Å². The van der Waals surface area contributed by atoms with Crippen LogP contribution in [0.4, 0.5) is 0 Å². The van der Waals surface area contributed by atoms with Crippen molar-refractivity contribution in [3.8, 4) is 0 Å². The van der Waals surface area contributed by atoms with E-state index in [0.717, 1.165) is 37.0 Å². The molecule has 0 aromatic heterocycles. The smallest absolute Gasteiger partial charge is 0.0469 e. The third-order valence-corrected chi connectivity index (χ3v) is 6.52. The van der Waals surface area contributed by atoms with Crippen molar-refractivity contribution in [2.75, 3.05) is 13.2 Å². The van der Waals surface area contributed by atoms with Gasteiger partial charge in [0, 0.05) is 25.3 Å². The summed E-state index contributed by atoms with van der Waals surface area (Å²) >= 11 is 0. The molecule has 3 fully saturated rings. The van der Waals surface area contributed by atoms with Crippen molar-refractivity contribution in [3.63, 3.8) is 0 Å². The minimum absolute atomic E-state index is 0.683. The molecule has 3 unspecified atom stereocenters. The number of ether oxygens (including phenoxy) is 1. The van der Waals surface area contributed by atoms with E-state index in [1.807, 2.05) is 0 Å². The zero-order chi connectivity index (χ0) is 14.5. The highest BCUT2D eigenvalue weighted by atomic mass is 16.5. The van der Waals surface area contributed by atoms with E-state index in [4.69, 9.17) is 4.74 Å². The molecular formula is C19H35NO. The molecule has 1 N–H and O–H groups in total. The van der Waals surface area contributed by atoms with Gasteiger partial charge in [0.05, 0.1) is 0 Å². The van der Waals surface area contributed by atoms with Crippen LogP contribution in [0.25, 0.3) is 0 Å². The van der Waals surface area contributed by atoms with E-state index in [9.17, 15) is 0 Å². The van der Waals surface area contributed by atoms with Crippen LogP contribution in [-0.4, -0.2) is 25.3 Å². The summed E-state index contributed by atoms with van der Waals surface area (Å²) in [6.45, 7) is 4.39. The summed E-state index contributed by atoms with van der Waals surface area (Å²) < 4.78 is 5.53. The lowest BCUT2D eigenvalue weighted by Crippen LogP contribution is -2.49. The number of hydrogen-bond donors (Lipinski definition) is 1. The Labute approximate surface area is 131 Å². The molecule has 2 heteroatoms. The molecule has 3 aliphatic rings. The first kappa shape index (κ1) is 15.8. The average Bonchev–Trinajstić information content (AvgIpc) is 2.57. The molecule has 0 aromatic carbocycles. The van der Waals surface area contributed by atoms with E-state index in [1.54, 1.807) is 0 Å². The monoisotopic (exact) mass is 293 g/mol. The van der Waals surface area contributed by atoms with Gasteiger partial charge in [-0.1, -0.05) is 44.9 Å². The molecule has 21 heavy (non-hydrogen) atoms. The highest BCUT2D eigenvalue weighted by Crippen LogP contribution is 2.39. The van der Waals surface area contributed by atoms with Crippen molar-refractivity contribution < 1.29 is 4.74 Å². The molecule has 0 amide bonds. The standard InChI is InChI=1S/C19H35NO/c1-15(16-11-13-21-14-12-16)20-19-10-6-5-9-18(19)17-7-3-2-4-8-17/h15-20H,2-14H2,1H3. The molecule has 2 saturated carbocycles. The van der Waals surface area contributed by atoms with Crippen molar-refractivity contribution in [2.45, 2.75) is 89.6 Å². The molecule has 0 aromatic rings. The van der Waals surface area contributed by atoms with Crippen molar-refractivity contribution in [3.05, 3.63) is 0 Å². The fourth-order valence-electron chi connectivity index (χ4n) is 5.18. The Bertz CT molecular complexity index is 294. The Morgan fingerprint density at radius 1 is 0.810 bits per heavy atom. The molecular weight excluding hydrogens is 258 g/mol. The van der Waals surface area contributed by atoms with E-state index in [1.165, 1.54) is 70.6 Å². The van der Waals surface area contributed by atoms with Crippen LogP contribution in [0.2, 0.25) is 0 Å². The van der Waals surface area contributed by atoms with Crippen molar-refractivity contribution in [1.82, 2.24) is 5.32 Å². The normalized spacial score (nSPS) is 34.7. The second kappa shape index (κ2) is 7.97. The third kappa shape index (κ3) is 4.22. The molecule has 0 bridgehead atoms. The molecule has 1 saturated heterocycles. The van der Waals surface area contributed by atoms with Crippen LogP contribution in [0.5, 0.6) is 0 Å². The zero-order valence-electron chi connectivity index (χ0n) is 14.0. The summed E-state index contributed by atoms with van der Waals surface area (Å²) in [7, 11) is 0. The topological polar surface area (TPSA) is 21.3 Å². The molecule has 1 aliphatic heterocycles. The Kier molecular flexibility index (Phi) is 5.99. The second-order valence-corrected chi connectivity index (χ2v) is 7.86. The molecule has 0 spiro atoms. The van der Waals surface area contributed by atoms with Gasteiger partial charge >= 0.3 is 0 Å². The Hall–Kier alpha value is -0.0800. The van der Waals surface area contributed by atoms with Crippen molar-refractivity contribution >= 4 is 0 Å². The summed E-state index contributed by atoms with van der Waals surface area (Å²) in [6, 6.07) is 1.49. The molecule has 122 valence electrons. The maximum Gasteiger partial charge on any atom is 0.0469 e. The fourth-order valence-corrected chi connectivity index (χ4v) is 5.18. The summed E-state index contributed by atoms with van der Waals surface area (Å²) in [5, 5.41) is 4.08. The van der Waals surface area contributed by atoms with Gasteiger partial charge in [0.15, 0.2) is 0 Å². The van der Waals surface area contributed by atoms with Crippen LogP contribution >= 0.6 is 0 Å². The van der Waals surface area contributed by atoms with E-state index in [2.05, 4.69) is 12.2 Å². The van der Waals surface area contributed by atoms with Gasteiger partial charge in [0.1, 0.15) is 0 Å². The predicted octanol–water partition coefficient (Wildman–Crippen LogP) is 4.53. The van der Waals surface area contributed by atoms with Crippen LogP contribution in [0.3, 0.4) is 0 Å². The van der Waals surface area contributed by atoms with Gasteiger partial charge < -0.3 is 10.1 Å². The van der Waals surface area contributed by atoms with Crippen LogP contribution in [-0.2, 0) is 4.74 Å². The van der Waals surface area contributed by atoms with Gasteiger partial charge in [-0.3, -0.25) is 0 Å². The molecule has 0 radical (unpaired) electrons. The molecule has 3 atom stereocenters. The van der Waals surface area contributed by atoms with Crippen LogP contribution in [0.15, 0.2) is 0 Å². The third-order valence-electron chi connectivity index (χ3n) is 6.52. The SMILES string of the molecule is CC(NC1CCCCC1C1CCCCC1)C1CCOCC1. The average molecular weight is 293 g/mol. The number of rotatable bonds is 4. The van der Waals surface area contributed by atoms with Crippen molar-refractivity contribution in [2.24, 2.45) is 17.8 Å². The lowest BCUT2D eigenvalue weighted by molar-refractivity contribution is 0.0488. The first-order valence-electron chi connectivity index (χ1n) is 9.68. The predicted molar refractivity (Wildman–Crippen MR) is 88.5 cm³/mol. The lowest BCUT2D eigenvalue weighted by atomic mass is 9.70. The zero-order valence-corrected chi connectivity index (χ0v) is 14.0. The minimum Gasteiger partial charge on any atom is -0.381 e. The minimum atomic E-state index is 0.683. The first-order chi connectivity index (χ1) is 10.3. The summed E-state index contributed by atoms with van der Waals surface area (Å²) in [6.07, 6.45) is 15.8. The highest BCUT2D eigenvalue weighted by molar-refractivity contribution is 4.89. The maximum atomic E-state index is 5.53. The number of nitrogens with one attached hydrogen (secondary N) is 1. The van der Waals surface area contributed by atoms with Gasteiger partial charge in [0.25, 0.3) is 0 Å². The summed E-state index contributed by atoms with van der Waals surface area (Å²) in [4.78, 5) is 0.